The number of nitrogens with zero attached hydrogens (tertiary/aromatic N) is 3. The molecule has 9 nitrogen and oxygen atoms in total. The van der Waals surface area contributed by atoms with Crippen molar-refractivity contribution in [3.63, 3.8) is 0 Å². The summed E-state index contributed by atoms with van der Waals surface area (Å²) in [6.45, 7) is 10.3. The zero-order valence-corrected chi connectivity index (χ0v) is 15.4. The van der Waals surface area contributed by atoms with E-state index in [1.165, 1.54) is 0 Å². The molecule has 144 valence electrons. The molecule has 2 heterocycles. The zero-order chi connectivity index (χ0) is 18.6. The van der Waals surface area contributed by atoms with Gasteiger partial charge < -0.3 is 9.94 Å². The maximum absolute atomic E-state index is 12.3. The van der Waals surface area contributed by atoms with Gasteiger partial charge in [-0.2, -0.15) is 5.06 Å². The second-order valence-electron chi connectivity index (χ2n) is 6.99. The summed E-state index contributed by atoms with van der Waals surface area (Å²) in [6, 6.07) is -1.03. The average molecular weight is 359 g/mol. The highest BCUT2D eigenvalue weighted by Crippen LogP contribution is 2.16. The van der Waals surface area contributed by atoms with Crippen LogP contribution in [0.5, 0.6) is 0 Å². The summed E-state index contributed by atoms with van der Waals surface area (Å²) < 4.78 is 5.34. The van der Waals surface area contributed by atoms with E-state index >= 15 is 0 Å². The minimum absolute atomic E-state index is 0.102. The monoisotopic (exact) mass is 359 g/mol. The van der Waals surface area contributed by atoms with Gasteiger partial charge in [0.2, 0.25) is 0 Å². The normalized spacial score (nSPS) is 26.8. The van der Waals surface area contributed by atoms with E-state index < -0.39 is 24.0 Å². The Morgan fingerprint density at radius 2 is 1.52 bits per heavy atom. The Labute approximate surface area is 148 Å². The summed E-state index contributed by atoms with van der Waals surface area (Å²) >= 11 is 0. The fourth-order valence-corrected chi connectivity index (χ4v) is 3.24. The summed E-state index contributed by atoms with van der Waals surface area (Å²) in [5.74, 6) is -1.33. The van der Waals surface area contributed by atoms with Gasteiger partial charge in [-0.3, -0.25) is 9.80 Å². The molecule has 2 saturated heterocycles. The third-order valence-electron chi connectivity index (χ3n) is 4.65. The quantitative estimate of drug-likeness (QED) is 0.545. The number of hydrogen-bond acceptors (Lipinski definition) is 9. The predicted octanol–water partition coefficient (Wildman–Crippen LogP) is -0.119. The third-order valence-corrected chi connectivity index (χ3v) is 4.65. The molecular formula is C16H29N3O6. The predicted molar refractivity (Wildman–Crippen MR) is 87.6 cm³/mol. The van der Waals surface area contributed by atoms with Crippen molar-refractivity contribution in [3.05, 3.63) is 0 Å². The number of rotatable bonds is 4. The summed E-state index contributed by atoms with van der Waals surface area (Å²) in [5, 5.41) is 10.7. The minimum Gasteiger partial charge on any atom is -0.378 e. The molecule has 1 N–H and O–H groups in total. The number of carbonyl (C=O) groups is 2. The van der Waals surface area contributed by atoms with Gasteiger partial charge in [-0.15, -0.1) is 0 Å². The maximum atomic E-state index is 12.3. The molecule has 0 aliphatic carbocycles. The van der Waals surface area contributed by atoms with Crippen LogP contribution >= 0.6 is 0 Å². The van der Waals surface area contributed by atoms with Crippen molar-refractivity contribution < 1.29 is 29.3 Å². The number of hydrogen-bond donors (Lipinski definition) is 1. The zero-order valence-electron chi connectivity index (χ0n) is 15.4. The molecule has 2 unspecified atom stereocenters. The molecule has 0 amide bonds. The molecule has 0 aromatic rings. The van der Waals surface area contributed by atoms with E-state index in [0.717, 1.165) is 5.06 Å². The third kappa shape index (κ3) is 5.11. The van der Waals surface area contributed by atoms with Gasteiger partial charge in [-0.05, 0) is 27.7 Å². The van der Waals surface area contributed by atoms with Crippen molar-refractivity contribution in [3.8, 4) is 0 Å². The van der Waals surface area contributed by atoms with Gasteiger partial charge in [0.25, 0.3) is 0 Å². The van der Waals surface area contributed by atoms with Crippen molar-refractivity contribution in [1.82, 2.24) is 14.9 Å². The highest BCUT2D eigenvalue weighted by Gasteiger charge is 2.38. The fourth-order valence-electron chi connectivity index (χ4n) is 3.24. The number of ether oxygens (including phenoxy) is 1. The van der Waals surface area contributed by atoms with Crippen LogP contribution in [-0.4, -0.2) is 95.6 Å². The summed E-state index contributed by atoms with van der Waals surface area (Å²) in [5.41, 5.74) is 0. The first kappa shape index (κ1) is 20.1. The van der Waals surface area contributed by atoms with Crippen molar-refractivity contribution in [2.75, 3.05) is 39.4 Å². The highest BCUT2D eigenvalue weighted by molar-refractivity contribution is 5.79. The molecule has 0 aromatic heterocycles. The second kappa shape index (κ2) is 8.91. The van der Waals surface area contributed by atoms with E-state index in [1.54, 1.807) is 0 Å². The first-order valence-corrected chi connectivity index (χ1v) is 8.76. The molecule has 2 aliphatic rings. The highest BCUT2D eigenvalue weighted by atomic mass is 17.2. The first-order chi connectivity index (χ1) is 11.8. The molecule has 2 atom stereocenters. The molecule has 0 bridgehead atoms. The lowest BCUT2D eigenvalue weighted by atomic mass is 10.1. The molecule has 0 aromatic carbocycles. The van der Waals surface area contributed by atoms with Crippen LogP contribution < -0.4 is 0 Å². The molecule has 25 heavy (non-hydrogen) atoms. The van der Waals surface area contributed by atoms with Crippen LogP contribution in [0.25, 0.3) is 0 Å². The van der Waals surface area contributed by atoms with E-state index in [9.17, 15) is 14.8 Å². The molecular weight excluding hydrogens is 330 g/mol. The Bertz CT molecular complexity index is 473. The van der Waals surface area contributed by atoms with Crippen LogP contribution in [0.4, 0.5) is 0 Å². The van der Waals surface area contributed by atoms with Gasteiger partial charge in [0, 0.05) is 31.7 Å². The number of morpholine rings is 1. The van der Waals surface area contributed by atoms with Crippen LogP contribution in [0.1, 0.15) is 27.7 Å². The van der Waals surface area contributed by atoms with E-state index in [1.807, 2.05) is 37.5 Å². The number of hydroxylamine groups is 2. The van der Waals surface area contributed by atoms with Crippen molar-refractivity contribution in [2.24, 2.45) is 0 Å². The molecule has 0 radical (unpaired) electrons. The van der Waals surface area contributed by atoms with Crippen LogP contribution in [0.15, 0.2) is 0 Å². The van der Waals surface area contributed by atoms with Gasteiger partial charge in [-0.1, -0.05) is 0 Å². The fraction of sp³-hybridized carbons (Fsp3) is 0.875. The van der Waals surface area contributed by atoms with E-state index in [2.05, 4.69) is 0 Å². The average Bonchev–Trinajstić information content (AvgIpc) is 2.58. The van der Waals surface area contributed by atoms with Gasteiger partial charge in [0.1, 0.15) is 12.1 Å². The number of piperazine rings is 1. The molecule has 0 spiro atoms. The maximum Gasteiger partial charge on any atom is 0.374 e. The van der Waals surface area contributed by atoms with E-state index in [4.69, 9.17) is 14.5 Å². The van der Waals surface area contributed by atoms with Crippen molar-refractivity contribution in [2.45, 2.75) is 51.9 Å². The van der Waals surface area contributed by atoms with E-state index in [0.29, 0.717) is 26.2 Å². The molecule has 2 rings (SSSR count). The Hall–Kier alpha value is -1.26. The van der Waals surface area contributed by atoms with Crippen molar-refractivity contribution >= 4 is 11.9 Å². The topological polar surface area (TPSA) is 91.8 Å². The summed E-state index contributed by atoms with van der Waals surface area (Å²) in [7, 11) is 0. The van der Waals surface area contributed by atoms with Crippen LogP contribution in [0.2, 0.25) is 0 Å². The first-order valence-electron chi connectivity index (χ1n) is 8.76. The molecule has 2 aliphatic heterocycles. The Morgan fingerprint density at radius 3 is 2.12 bits per heavy atom. The van der Waals surface area contributed by atoms with Gasteiger partial charge >= 0.3 is 11.9 Å². The van der Waals surface area contributed by atoms with Crippen LogP contribution in [0, 0.1) is 0 Å². The largest absolute Gasteiger partial charge is 0.378 e. The van der Waals surface area contributed by atoms with Crippen LogP contribution in [-0.2, 0) is 24.1 Å². The lowest BCUT2D eigenvalue weighted by molar-refractivity contribution is -0.271. The molecule has 9 heteroatoms. The van der Waals surface area contributed by atoms with Gasteiger partial charge in [0.05, 0.1) is 19.8 Å². The summed E-state index contributed by atoms with van der Waals surface area (Å²) in [4.78, 5) is 38.1. The Kier molecular flexibility index (Phi) is 7.14. The molecule has 0 saturated carbocycles. The lowest BCUT2D eigenvalue weighted by Gasteiger charge is -2.39. The molecule has 2 fully saturated rings. The second-order valence-corrected chi connectivity index (χ2v) is 6.99. The van der Waals surface area contributed by atoms with Crippen LogP contribution in [0.3, 0.4) is 0 Å². The van der Waals surface area contributed by atoms with E-state index in [-0.39, 0.29) is 25.2 Å². The Balaban J connectivity index is 1.92. The standard InChI is InChI=1S/C16H29N3O6/c1-11(2)18-6-5-17(22)9-13(18)15(20)24-25-16(21)14-10-23-8-7-19(14)12(3)4/h11-14,22H,5-10H2,1-4H3. The SMILES string of the molecule is CC(C)N1CCOCC1C(=O)OOC(=O)C1CN(O)CCN1C(C)C. The smallest absolute Gasteiger partial charge is 0.374 e. The van der Waals surface area contributed by atoms with Gasteiger partial charge in [-0.25, -0.2) is 19.4 Å². The summed E-state index contributed by atoms with van der Waals surface area (Å²) in [6.07, 6.45) is 0. The van der Waals surface area contributed by atoms with Crippen molar-refractivity contribution in [1.29, 1.82) is 0 Å². The van der Waals surface area contributed by atoms with Gasteiger partial charge in [0.15, 0.2) is 0 Å². The number of carbonyl (C=O) groups excluding carboxylic acids is 2. The minimum atomic E-state index is -0.686. The Morgan fingerprint density at radius 1 is 0.960 bits per heavy atom. The lowest BCUT2D eigenvalue weighted by Crippen LogP contribution is -2.58.